The second-order valence-corrected chi connectivity index (χ2v) is 6.29. The summed E-state index contributed by atoms with van der Waals surface area (Å²) >= 11 is 13.9. The Morgan fingerprint density at radius 3 is 2.67 bits per heavy atom. The van der Waals surface area contributed by atoms with E-state index >= 15 is 0 Å². The highest BCUT2D eigenvalue weighted by atomic mass is 35.5. The summed E-state index contributed by atoms with van der Waals surface area (Å²) < 4.78 is 0. The van der Waals surface area contributed by atoms with Crippen molar-refractivity contribution in [3.63, 3.8) is 0 Å². The van der Waals surface area contributed by atoms with Crippen LogP contribution in [0, 0.1) is 0 Å². The highest BCUT2D eigenvalue weighted by molar-refractivity contribution is 7.99. The lowest BCUT2D eigenvalue weighted by Gasteiger charge is -2.06. The number of carbonyl (C=O) groups is 1. The van der Waals surface area contributed by atoms with Crippen LogP contribution in [-0.2, 0) is 0 Å². The van der Waals surface area contributed by atoms with E-state index < -0.39 is 0 Å². The molecule has 0 saturated heterocycles. The molecule has 0 aliphatic carbocycles. The van der Waals surface area contributed by atoms with Gasteiger partial charge in [-0.15, -0.1) is 0 Å². The molecule has 1 aliphatic heterocycles. The standard InChI is InChI=1S/C15H10Cl2N2OS/c1-18-15(20)8-2-4-13-11(6-8)19-14(17)10-7-9(16)3-5-12(10)21-13/h2-7H,1H3,(H,18,20). The van der Waals surface area contributed by atoms with Crippen molar-refractivity contribution < 1.29 is 4.79 Å². The largest absolute Gasteiger partial charge is 0.355 e. The van der Waals surface area contributed by atoms with Crippen LogP contribution in [0.5, 0.6) is 0 Å². The van der Waals surface area contributed by atoms with Crippen molar-refractivity contribution >= 4 is 51.7 Å². The molecule has 0 unspecified atom stereocenters. The average molecular weight is 337 g/mol. The molecule has 1 N–H and O–H groups in total. The van der Waals surface area contributed by atoms with Gasteiger partial charge < -0.3 is 5.32 Å². The Morgan fingerprint density at radius 1 is 1.14 bits per heavy atom. The van der Waals surface area contributed by atoms with Crippen molar-refractivity contribution in [3.05, 3.63) is 52.5 Å². The molecule has 0 aromatic heterocycles. The fourth-order valence-electron chi connectivity index (χ4n) is 2.01. The quantitative estimate of drug-likeness (QED) is 0.833. The molecule has 0 saturated carbocycles. The molecule has 2 aromatic carbocycles. The van der Waals surface area contributed by atoms with E-state index in [2.05, 4.69) is 10.3 Å². The molecule has 21 heavy (non-hydrogen) atoms. The van der Waals surface area contributed by atoms with Crippen LogP contribution in [0.1, 0.15) is 15.9 Å². The van der Waals surface area contributed by atoms with Gasteiger partial charge in [0.05, 0.1) is 5.69 Å². The molecule has 0 atom stereocenters. The number of halogens is 2. The molecule has 2 aromatic rings. The van der Waals surface area contributed by atoms with Gasteiger partial charge in [-0.3, -0.25) is 4.79 Å². The summed E-state index contributed by atoms with van der Waals surface area (Å²) in [5.74, 6) is -0.154. The van der Waals surface area contributed by atoms with Crippen LogP contribution in [0.15, 0.2) is 51.2 Å². The molecule has 0 bridgehead atoms. The molecular formula is C15H10Cl2N2OS. The minimum absolute atomic E-state index is 0.154. The Labute approximate surface area is 136 Å². The molecule has 3 nitrogen and oxygen atoms in total. The maximum atomic E-state index is 11.7. The summed E-state index contributed by atoms with van der Waals surface area (Å²) in [5.41, 5.74) is 2.03. The minimum Gasteiger partial charge on any atom is -0.355 e. The fourth-order valence-corrected chi connectivity index (χ4v) is 3.47. The highest BCUT2D eigenvalue weighted by Crippen LogP contribution is 2.41. The predicted octanol–water partition coefficient (Wildman–Crippen LogP) is 4.48. The van der Waals surface area contributed by atoms with E-state index in [1.54, 1.807) is 37.0 Å². The minimum atomic E-state index is -0.154. The van der Waals surface area contributed by atoms with Crippen molar-refractivity contribution in [2.24, 2.45) is 4.99 Å². The van der Waals surface area contributed by atoms with Gasteiger partial charge in [0.15, 0.2) is 0 Å². The van der Waals surface area contributed by atoms with Crippen LogP contribution in [0.4, 0.5) is 5.69 Å². The lowest BCUT2D eigenvalue weighted by atomic mass is 10.2. The number of carbonyl (C=O) groups excluding carboxylic acids is 1. The molecular weight excluding hydrogens is 327 g/mol. The topological polar surface area (TPSA) is 41.5 Å². The molecule has 1 amide bonds. The highest BCUT2D eigenvalue weighted by Gasteiger charge is 2.18. The van der Waals surface area contributed by atoms with Crippen LogP contribution in [0.25, 0.3) is 0 Å². The van der Waals surface area contributed by atoms with Gasteiger partial charge in [0.2, 0.25) is 0 Å². The number of fused-ring (bicyclic) bond motifs is 2. The van der Waals surface area contributed by atoms with Gasteiger partial charge in [0.25, 0.3) is 5.91 Å². The third-order valence-electron chi connectivity index (χ3n) is 3.05. The fraction of sp³-hybridized carbons (Fsp3) is 0.0667. The molecule has 0 spiro atoms. The van der Waals surface area contributed by atoms with E-state index in [-0.39, 0.29) is 5.91 Å². The van der Waals surface area contributed by atoms with E-state index in [1.807, 2.05) is 18.2 Å². The van der Waals surface area contributed by atoms with Gasteiger partial charge in [-0.2, -0.15) is 0 Å². The number of nitrogens with one attached hydrogen (secondary N) is 1. The first kappa shape index (κ1) is 14.4. The third kappa shape index (κ3) is 2.79. The molecule has 3 rings (SSSR count). The monoisotopic (exact) mass is 336 g/mol. The van der Waals surface area contributed by atoms with Gasteiger partial charge >= 0.3 is 0 Å². The van der Waals surface area contributed by atoms with E-state index in [4.69, 9.17) is 23.2 Å². The Balaban J connectivity index is 2.13. The Kier molecular flexibility index (Phi) is 3.93. The normalized spacial score (nSPS) is 12.8. The summed E-state index contributed by atoms with van der Waals surface area (Å²) in [6.07, 6.45) is 0. The average Bonchev–Trinajstić information content (AvgIpc) is 2.62. The lowest BCUT2D eigenvalue weighted by molar-refractivity contribution is 0.0963. The first-order valence-corrected chi connectivity index (χ1v) is 7.74. The van der Waals surface area contributed by atoms with Crippen LogP contribution < -0.4 is 5.32 Å². The number of nitrogens with zero attached hydrogens (tertiary/aromatic N) is 1. The molecule has 1 heterocycles. The first-order chi connectivity index (χ1) is 10.1. The smallest absolute Gasteiger partial charge is 0.251 e. The molecule has 1 aliphatic rings. The van der Waals surface area contributed by atoms with E-state index in [0.717, 1.165) is 15.4 Å². The lowest BCUT2D eigenvalue weighted by Crippen LogP contribution is -2.17. The van der Waals surface area contributed by atoms with Gasteiger partial charge in [-0.25, -0.2) is 4.99 Å². The van der Waals surface area contributed by atoms with Crippen molar-refractivity contribution in [1.29, 1.82) is 0 Å². The summed E-state index contributed by atoms with van der Waals surface area (Å²) in [7, 11) is 1.59. The summed E-state index contributed by atoms with van der Waals surface area (Å²) in [4.78, 5) is 18.1. The zero-order valence-electron chi connectivity index (χ0n) is 11.0. The van der Waals surface area contributed by atoms with Crippen LogP contribution in [0.2, 0.25) is 5.02 Å². The van der Waals surface area contributed by atoms with Crippen LogP contribution in [0.3, 0.4) is 0 Å². The number of amides is 1. The first-order valence-electron chi connectivity index (χ1n) is 6.16. The second kappa shape index (κ2) is 5.72. The maximum Gasteiger partial charge on any atom is 0.251 e. The third-order valence-corrected chi connectivity index (χ3v) is 4.71. The zero-order valence-corrected chi connectivity index (χ0v) is 13.3. The van der Waals surface area contributed by atoms with Gasteiger partial charge in [0.1, 0.15) is 5.17 Å². The zero-order chi connectivity index (χ0) is 15.0. The van der Waals surface area contributed by atoms with E-state index in [9.17, 15) is 4.79 Å². The van der Waals surface area contributed by atoms with Crippen molar-refractivity contribution in [2.75, 3.05) is 7.05 Å². The van der Waals surface area contributed by atoms with Crippen molar-refractivity contribution in [2.45, 2.75) is 9.79 Å². The van der Waals surface area contributed by atoms with Gasteiger partial charge in [-0.05, 0) is 36.4 Å². The maximum absolute atomic E-state index is 11.7. The van der Waals surface area contributed by atoms with Crippen LogP contribution in [-0.4, -0.2) is 18.1 Å². The van der Waals surface area contributed by atoms with Gasteiger partial charge in [0, 0.05) is 33.0 Å². The summed E-state index contributed by atoms with van der Waals surface area (Å²) in [6.45, 7) is 0. The number of rotatable bonds is 1. The SMILES string of the molecule is CNC(=O)c1ccc2c(c1)N=C(Cl)c1cc(Cl)ccc1S2. The van der Waals surface area contributed by atoms with Gasteiger partial charge in [-0.1, -0.05) is 35.0 Å². The molecule has 0 fully saturated rings. The Bertz CT molecular complexity index is 774. The molecule has 0 radical (unpaired) electrons. The Hall–Kier alpha value is -1.49. The van der Waals surface area contributed by atoms with Crippen molar-refractivity contribution in [1.82, 2.24) is 5.32 Å². The van der Waals surface area contributed by atoms with Crippen molar-refractivity contribution in [3.8, 4) is 0 Å². The number of benzene rings is 2. The molecule has 106 valence electrons. The predicted molar refractivity (Wildman–Crippen MR) is 87.5 cm³/mol. The van der Waals surface area contributed by atoms with E-state index in [0.29, 0.717) is 21.4 Å². The summed E-state index contributed by atoms with van der Waals surface area (Å²) in [5, 5.41) is 3.57. The number of hydrogen-bond acceptors (Lipinski definition) is 3. The number of aliphatic imine (C=N–C) groups is 1. The number of hydrogen-bond donors (Lipinski definition) is 1. The van der Waals surface area contributed by atoms with E-state index in [1.165, 1.54) is 0 Å². The summed E-state index contributed by atoms with van der Waals surface area (Å²) in [6, 6.07) is 10.9. The molecule has 6 heteroatoms. The second-order valence-electron chi connectivity index (χ2n) is 4.41. The van der Waals surface area contributed by atoms with Crippen LogP contribution >= 0.6 is 35.0 Å². The Morgan fingerprint density at radius 2 is 1.90 bits per heavy atom.